The fourth-order valence-electron chi connectivity index (χ4n) is 2.54. The molecule has 5 nitrogen and oxygen atoms in total. The predicted molar refractivity (Wildman–Crippen MR) is 90.4 cm³/mol. The highest BCUT2D eigenvalue weighted by Gasteiger charge is 2.34. The summed E-state index contributed by atoms with van der Waals surface area (Å²) in [6.07, 6.45) is -0.168. The van der Waals surface area contributed by atoms with Gasteiger partial charge in [0.25, 0.3) is 0 Å². The molecule has 0 radical (unpaired) electrons. The van der Waals surface area contributed by atoms with Gasteiger partial charge in [0, 0.05) is 18.1 Å². The van der Waals surface area contributed by atoms with Crippen molar-refractivity contribution in [3.63, 3.8) is 0 Å². The molecule has 0 saturated carbocycles. The zero-order chi connectivity index (χ0) is 17.3. The van der Waals surface area contributed by atoms with Gasteiger partial charge in [0.05, 0.1) is 11.0 Å². The minimum absolute atomic E-state index is 0.0951. The second-order valence-corrected chi connectivity index (χ2v) is 9.34. The number of nitrogens with zero attached hydrogens (tertiary/aromatic N) is 1. The molecular formula is C16H22ClNO4S. The Hall–Kier alpha value is -1.27. The van der Waals surface area contributed by atoms with Gasteiger partial charge in [-0.2, -0.15) is 0 Å². The largest absolute Gasteiger partial charge is 0.444 e. The Morgan fingerprint density at radius 3 is 2.52 bits per heavy atom. The van der Waals surface area contributed by atoms with E-state index in [2.05, 4.69) is 0 Å². The summed E-state index contributed by atoms with van der Waals surface area (Å²) in [5, 5.41) is -0.254. The fraction of sp³-hybridized carbons (Fsp3) is 0.562. The van der Waals surface area contributed by atoms with Crippen LogP contribution in [-0.2, 0) is 14.6 Å². The third-order valence-electron chi connectivity index (χ3n) is 3.64. The van der Waals surface area contributed by atoms with Gasteiger partial charge in [-0.25, -0.2) is 13.2 Å². The second kappa shape index (κ2) is 6.69. The van der Waals surface area contributed by atoms with Crippen LogP contribution in [0.4, 0.5) is 4.79 Å². The maximum atomic E-state index is 12.6. The average molecular weight is 360 g/mol. The molecular weight excluding hydrogens is 338 g/mol. The fourth-order valence-corrected chi connectivity index (χ4v) is 4.69. The summed E-state index contributed by atoms with van der Waals surface area (Å²) in [4.78, 5) is 13.6. The maximum absolute atomic E-state index is 12.6. The zero-order valence-electron chi connectivity index (χ0n) is 13.6. The van der Waals surface area contributed by atoms with E-state index in [4.69, 9.17) is 16.3 Å². The van der Waals surface area contributed by atoms with Gasteiger partial charge < -0.3 is 9.64 Å². The van der Waals surface area contributed by atoms with E-state index in [0.29, 0.717) is 23.6 Å². The standard InChI is InChI=1S/C16H22ClNO4S/c1-16(2,3)22-15(19)18-9-8-14(23(20,21)11-10-18)12-6-4-5-7-13(12)17/h4-7,14H,8-11H2,1-3H3. The number of ether oxygens (including phenoxy) is 1. The Morgan fingerprint density at radius 1 is 1.26 bits per heavy atom. The highest BCUT2D eigenvalue weighted by molar-refractivity contribution is 7.91. The van der Waals surface area contributed by atoms with E-state index in [-0.39, 0.29) is 12.3 Å². The number of hydrogen-bond acceptors (Lipinski definition) is 4. The van der Waals surface area contributed by atoms with Gasteiger partial charge in [0.2, 0.25) is 0 Å². The molecule has 1 amide bonds. The molecule has 0 aromatic heterocycles. The number of sulfone groups is 1. The van der Waals surface area contributed by atoms with E-state index >= 15 is 0 Å². The summed E-state index contributed by atoms with van der Waals surface area (Å²) in [6.45, 7) is 5.81. The van der Waals surface area contributed by atoms with Gasteiger partial charge in [-0.15, -0.1) is 0 Å². The zero-order valence-corrected chi connectivity index (χ0v) is 15.2. The summed E-state index contributed by atoms with van der Waals surface area (Å²) in [7, 11) is -3.38. The van der Waals surface area contributed by atoms with E-state index in [1.165, 1.54) is 4.90 Å². The van der Waals surface area contributed by atoms with Crippen LogP contribution in [0, 0.1) is 0 Å². The average Bonchev–Trinajstić information content (AvgIpc) is 2.56. The molecule has 1 aliphatic rings. The Balaban J connectivity index is 2.20. The number of hydrogen-bond donors (Lipinski definition) is 0. The smallest absolute Gasteiger partial charge is 0.410 e. The van der Waals surface area contributed by atoms with E-state index in [0.717, 1.165) is 0 Å². The van der Waals surface area contributed by atoms with Crippen LogP contribution in [-0.4, -0.2) is 43.9 Å². The van der Waals surface area contributed by atoms with Crippen LogP contribution in [0.15, 0.2) is 24.3 Å². The summed E-state index contributed by atoms with van der Waals surface area (Å²) in [6, 6.07) is 6.95. The highest BCUT2D eigenvalue weighted by Crippen LogP contribution is 2.34. The topological polar surface area (TPSA) is 63.7 Å². The predicted octanol–water partition coefficient (Wildman–Crippen LogP) is 3.44. The molecule has 2 rings (SSSR count). The molecule has 1 aromatic carbocycles. The lowest BCUT2D eigenvalue weighted by atomic mass is 10.1. The molecule has 0 bridgehead atoms. The van der Waals surface area contributed by atoms with Crippen LogP contribution in [0.5, 0.6) is 0 Å². The molecule has 1 fully saturated rings. The van der Waals surface area contributed by atoms with Crippen LogP contribution < -0.4 is 0 Å². The Kier molecular flexibility index (Phi) is 5.26. The molecule has 1 aliphatic heterocycles. The van der Waals surface area contributed by atoms with E-state index in [1.54, 1.807) is 45.0 Å². The van der Waals surface area contributed by atoms with Crippen molar-refractivity contribution in [1.29, 1.82) is 0 Å². The van der Waals surface area contributed by atoms with Crippen molar-refractivity contribution in [1.82, 2.24) is 4.90 Å². The van der Waals surface area contributed by atoms with Crippen LogP contribution in [0.3, 0.4) is 0 Å². The normalized spacial score (nSPS) is 21.6. The number of halogens is 1. The van der Waals surface area contributed by atoms with Crippen molar-refractivity contribution in [3.05, 3.63) is 34.9 Å². The van der Waals surface area contributed by atoms with Crippen molar-refractivity contribution >= 4 is 27.5 Å². The molecule has 1 atom stereocenters. The molecule has 0 spiro atoms. The van der Waals surface area contributed by atoms with Crippen molar-refractivity contribution in [2.75, 3.05) is 18.8 Å². The number of carbonyl (C=O) groups is 1. The van der Waals surface area contributed by atoms with Crippen molar-refractivity contribution in [3.8, 4) is 0 Å². The Labute approximate surface area is 142 Å². The first-order valence-corrected chi connectivity index (χ1v) is 9.63. The van der Waals surface area contributed by atoms with E-state index in [9.17, 15) is 13.2 Å². The molecule has 0 aliphatic carbocycles. The van der Waals surface area contributed by atoms with Gasteiger partial charge in [0.15, 0.2) is 9.84 Å². The number of amides is 1. The van der Waals surface area contributed by atoms with Crippen molar-refractivity contribution in [2.24, 2.45) is 0 Å². The summed E-state index contributed by atoms with van der Waals surface area (Å²) in [5.74, 6) is -0.0951. The Morgan fingerprint density at radius 2 is 1.91 bits per heavy atom. The van der Waals surface area contributed by atoms with Gasteiger partial charge >= 0.3 is 6.09 Å². The lowest BCUT2D eigenvalue weighted by Gasteiger charge is -2.26. The highest BCUT2D eigenvalue weighted by atomic mass is 35.5. The van der Waals surface area contributed by atoms with Gasteiger partial charge in [-0.05, 0) is 38.8 Å². The summed E-state index contributed by atoms with van der Waals surface area (Å²) in [5.41, 5.74) is -0.00933. The van der Waals surface area contributed by atoms with Crippen molar-refractivity contribution < 1.29 is 17.9 Å². The van der Waals surface area contributed by atoms with Crippen molar-refractivity contribution in [2.45, 2.75) is 38.0 Å². The SMILES string of the molecule is CC(C)(C)OC(=O)N1CCC(c2ccccc2Cl)S(=O)(=O)CC1. The number of carbonyl (C=O) groups excluding carboxylic acids is 1. The first kappa shape index (κ1) is 18.1. The molecule has 1 saturated heterocycles. The van der Waals surface area contributed by atoms with Gasteiger partial charge in [0.1, 0.15) is 5.60 Å². The van der Waals surface area contributed by atoms with E-state index in [1.807, 2.05) is 0 Å². The minimum atomic E-state index is -3.38. The molecule has 0 N–H and O–H groups in total. The number of benzene rings is 1. The van der Waals surface area contributed by atoms with Crippen LogP contribution >= 0.6 is 11.6 Å². The Bertz CT molecular complexity index is 682. The van der Waals surface area contributed by atoms with Crippen LogP contribution in [0.25, 0.3) is 0 Å². The molecule has 1 aromatic rings. The quantitative estimate of drug-likeness (QED) is 0.770. The third-order valence-corrected chi connectivity index (χ3v) is 6.10. The summed E-state index contributed by atoms with van der Waals surface area (Å²) < 4.78 is 30.5. The molecule has 128 valence electrons. The first-order valence-electron chi connectivity index (χ1n) is 7.54. The second-order valence-electron chi connectivity index (χ2n) is 6.63. The number of rotatable bonds is 1. The van der Waals surface area contributed by atoms with Gasteiger partial charge in [-0.1, -0.05) is 29.8 Å². The first-order chi connectivity index (χ1) is 10.6. The lowest BCUT2D eigenvalue weighted by molar-refractivity contribution is 0.0263. The molecule has 23 heavy (non-hydrogen) atoms. The molecule has 7 heteroatoms. The van der Waals surface area contributed by atoms with Crippen LogP contribution in [0.1, 0.15) is 38.0 Å². The maximum Gasteiger partial charge on any atom is 0.410 e. The lowest BCUT2D eigenvalue weighted by Crippen LogP contribution is -2.38. The van der Waals surface area contributed by atoms with Crippen LogP contribution in [0.2, 0.25) is 5.02 Å². The monoisotopic (exact) mass is 359 g/mol. The third kappa shape index (κ3) is 4.61. The minimum Gasteiger partial charge on any atom is -0.444 e. The van der Waals surface area contributed by atoms with E-state index < -0.39 is 26.8 Å². The van der Waals surface area contributed by atoms with Gasteiger partial charge in [-0.3, -0.25) is 0 Å². The summed E-state index contributed by atoms with van der Waals surface area (Å²) >= 11 is 6.15. The molecule has 1 unspecified atom stereocenters. The molecule has 1 heterocycles.